The Morgan fingerprint density at radius 2 is 2.00 bits per heavy atom. The lowest BCUT2D eigenvalue weighted by atomic mass is 10.2. The summed E-state index contributed by atoms with van der Waals surface area (Å²) in [5, 5.41) is 27.1. The van der Waals surface area contributed by atoms with Crippen molar-refractivity contribution < 1.29 is 0 Å². The predicted octanol–water partition coefficient (Wildman–Crippen LogP) is 2.05. The fourth-order valence-corrected chi connectivity index (χ4v) is 1.48. The van der Waals surface area contributed by atoms with Gasteiger partial charge in [0.2, 0.25) is 0 Å². The topological polar surface area (TPSA) is 71.4 Å². The van der Waals surface area contributed by atoms with Gasteiger partial charge in [-0.1, -0.05) is 0 Å². The third-order valence-corrected chi connectivity index (χ3v) is 2.16. The fraction of sp³-hybridized carbons (Fsp3) is 0. The average molecular weight is 185 g/mol. The van der Waals surface area contributed by atoms with Gasteiger partial charge in [0, 0.05) is 10.3 Å². The molecule has 4 heteroatoms. The molecule has 1 aromatic rings. The molecule has 0 fully saturated rings. The molecule has 0 bridgehead atoms. The van der Waals surface area contributed by atoms with Crippen LogP contribution < -0.4 is 0 Å². The minimum absolute atomic E-state index is 0.0475. The molecule has 0 aliphatic rings. The number of rotatable bonds is 1. The van der Waals surface area contributed by atoms with Crippen LogP contribution in [0, 0.1) is 34.0 Å². The van der Waals surface area contributed by atoms with E-state index in [2.05, 4.69) is 0 Å². The zero-order valence-corrected chi connectivity index (χ0v) is 7.30. The molecule has 0 aliphatic heterocycles. The SMILES string of the molecule is N#CC(C#N)=Cc1cc(C#N)cs1. The summed E-state index contributed by atoms with van der Waals surface area (Å²) in [6.45, 7) is 0. The van der Waals surface area contributed by atoms with Gasteiger partial charge in [-0.3, -0.25) is 0 Å². The molecule has 0 spiro atoms. The maximum atomic E-state index is 8.51. The van der Waals surface area contributed by atoms with E-state index < -0.39 is 0 Å². The van der Waals surface area contributed by atoms with Crippen molar-refractivity contribution in [1.29, 1.82) is 15.8 Å². The molecular weight excluding hydrogens is 182 g/mol. The number of nitriles is 3. The van der Waals surface area contributed by atoms with Crippen molar-refractivity contribution in [3.05, 3.63) is 27.5 Å². The Morgan fingerprint density at radius 1 is 1.31 bits per heavy atom. The van der Waals surface area contributed by atoms with Gasteiger partial charge in [-0.25, -0.2) is 0 Å². The van der Waals surface area contributed by atoms with Crippen LogP contribution in [0.4, 0.5) is 0 Å². The van der Waals surface area contributed by atoms with Crippen molar-refractivity contribution in [2.24, 2.45) is 0 Å². The van der Waals surface area contributed by atoms with Gasteiger partial charge in [-0.2, -0.15) is 15.8 Å². The van der Waals surface area contributed by atoms with Crippen LogP contribution in [0.25, 0.3) is 6.08 Å². The normalized spacial score (nSPS) is 7.77. The smallest absolute Gasteiger partial charge is 0.131 e. The van der Waals surface area contributed by atoms with E-state index in [0.29, 0.717) is 5.56 Å². The summed E-state index contributed by atoms with van der Waals surface area (Å²) in [4.78, 5) is 0.745. The van der Waals surface area contributed by atoms with E-state index in [9.17, 15) is 0 Å². The Morgan fingerprint density at radius 3 is 2.46 bits per heavy atom. The summed E-state index contributed by atoms with van der Waals surface area (Å²) in [5.41, 5.74) is 0.595. The van der Waals surface area contributed by atoms with Gasteiger partial charge in [-0.05, 0) is 12.1 Å². The van der Waals surface area contributed by atoms with Gasteiger partial charge in [0.1, 0.15) is 23.8 Å². The molecule has 60 valence electrons. The maximum Gasteiger partial charge on any atom is 0.131 e. The molecule has 0 N–H and O–H groups in total. The Bertz CT molecular complexity index is 446. The molecule has 0 atom stereocenters. The first-order chi connectivity index (χ1) is 6.30. The molecule has 0 aliphatic carbocycles. The third kappa shape index (κ3) is 2.17. The maximum absolute atomic E-state index is 8.51. The molecule has 0 unspecified atom stereocenters. The zero-order chi connectivity index (χ0) is 9.68. The first-order valence-electron chi connectivity index (χ1n) is 3.30. The van der Waals surface area contributed by atoms with Crippen LogP contribution in [0.15, 0.2) is 17.0 Å². The largest absolute Gasteiger partial charge is 0.192 e. The monoisotopic (exact) mass is 185 g/mol. The van der Waals surface area contributed by atoms with Crippen LogP contribution in [-0.4, -0.2) is 0 Å². The van der Waals surface area contributed by atoms with Gasteiger partial charge in [0.25, 0.3) is 0 Å². The summed E-state index contributed by atoms with van der Waals surface area (Å²) < 4.78 is 0. The lowest BCUT2D eigenvalue weighted by Crippen LogP contribution is -1.69. The first kappa shape index (κ1) is 9.00. The van der Waals surface area contributed by atoms with Crippen molar-refractivity contribution in [3.63, 3.8) is 0 Å². The Hall–Kier alpha value is -2.09. The summed E-state index contributed by atoms with van der Waals surface area (Å²) in [6.07, 6.45) is 1.46. The molecule has 1 rings (SSSR count). The third-order valence-electron chi connectivity index (χ3n) is 1.28. The van der Waals surface area contributed by atoms with Crippen LogP contribution in [0.3, 0.4) is 0 Å². The molecule has 3 nitrogen and oxygen atoms in total. The molecule has 13 heavy (non-hydrogen) atoms. The van der Waals surface area contributed by atoms with Crippen molar-refractivity contribution in [2.75, 3.05) is 0 Å². The number of hydrogen-bond acceptors (Lipinski definition) is 4. The minimum Gasteiger partial charge on any atom is -0.192 e. The molecule has 1 aromatic heterocycles. The minimum atomic E-state index is 0.0475. The van der Waals surface area contributed by atoms with E-state index in [1.54, 1.807) is 23.6 Å². The predicted molar refractivity (Wildman–Crippen MR) is 48.2 cm³/mol. The van der Waals surface area contributed by atoms with E-state index in [4.69, 9.17) is 15.8 Å². The van der Waals surface area contributed by atoms with Crippen LogP contribution in [0.2, 0.25) is 0 Å². The van der Waals surface area contributed by atoms with Gasteiger partial charge in [0.05, 0.1) is 5.56 Å². The summed E-state index contributed by atoms with van der Waals surface area (Å²) >= 11 is 1.33. The lowest BCUT2D eigenvalue weighted by molar-refractivity contribution is 1.47. The van der Waals surface area contributed by atoms with Gasteiger partial charge >= 0.3 is 0 Å². The molecule has 0 amide bonds. The Balaban J connectivity index is 3.01. The Kier molecular flexibility index (Phi) is 2.82. The van der Waals surface area contributed by atoms with Crippen molar-refractivity contribution in [3.8, 4) is 18.2 Å². The van der Waals surface area contributed by atoms with Gasteiger partial charge in [0.15, 0.2) is 0 Å². The number of allylic oxidation sites excluding steroid dienone is 1. The molecule has 0 aromatic carbocycles. The second kappa shape index (κ2) is 4.07. The molecule has 1 heterocycles. The standard InChI is InChI=1S/C9H3N3S/c10-3-7(4-11)1-9-2-8(5-12)6-13-9/h1-2,6H. The average Bonchev–Trinajstić information content (AvgIpc) is 2.61. The molecule has 0 saturated carbocycles. The van der Waals surface area contributed by atoms with Crippen molar-refractivity contribution in [1.82, 2.24) is 0 Å². The van der Waals surface area contributed by atoms with Gasteiger partial charge < -0.3 is 0 Å². The molecular formula is C9H3N3S. The highest BCUT2D eigenvalue weighted by atomic mass is 32.1. The highest BCUT2D eigenvalue weighted by Crippen LogP contribution is 2.16. The highest BCUT2D eigenvalue weighted by Gasteiger charge is 1.98. The zero-order valence-electron chi connectivity index (χ0n) is 6.48. The van der Waals surface area contributed by atoms with Crippen molar-refractivity contribution >= 4 is 17.4 Å². The van der Waals surface area contributed by atoms with E-state index in [-0.39, 0.29) is 5.57 Å². The molecule has 0 saturated heterocycles. The molecule has 0 radical (unpaired) electrons. The number of nitrogens with zero attached hydrogens (tertiary/aromatic N) is 3. The number of thiophene rings is 1. The highest BCUT2D eigenvalue weighted by molar-refractivity contribution is 7.11. The summed E-state index contributed by atoms with van der Waals surface area (Å²) in [7, 11) is 0. The quantitative estimate of drug-likeness (QED) is 0.628. The van der Waals surface area contributed by atoms with Crippen LogP contribution in [0.1, 0.15) is 10.4 Å². The van der Waals surface area contributed by atoms with E-state index in [0.717, 1.165) is 4.88 Å². The van der Waals surface area contributed by atoms with Crippen LogP contribution >= 0.6 is 11.3 Å². The summed E-state index contributed by atoms with van der Waals surface area (Å²) in [6, 6.07) is 7.11. The second-order valence-corrected chi connectivity index (χ2v) is 3.07. The number of hydrogen-bond donors (Lipinski definition) is 0. The van der Waals surface area contributed by atoms with E-state index in [1.165, 1.54) is 17.4 Å². The lowest BCUT2D eigenvalue weighted by Gasteiger charge is -1.80. The Labute approximate surface area is 79.4 Å². The second-order valence-electron chi connectivity index (χ2n) is 2.13. The van der Waals surface area contributed by atoms with E-state index in [1.807, 2.05) is 6.07 Å². The first-order valence-corrected chi connectivity index (χ1v) is 4.18. The van der Waals surface area contributed by atoms with Crippen molar-refractivity contribution in [2.45, 2.75) is 0 Å². The van der Waals surface area contributed by atoms with Gasteiger partial charge in [-0.15, -0.1) is 11.3 Å². The van der Waals surface area contributed by atoms with E-state index >= 15 is 0 Å². The fourth-order valence-electron chi connectivity index (χ4n) is 0.719. The summed E-state index contributed by atoms with van der Waals surface area (Å²) in [5.74, 6) is 0. The van der Waals surface area contributed by atoms with Crippen LogP contribution in [0.5, 0.6) is 0 Å². The van der Waals surface area contributed by atoms with Crippen LogP contribution in [-0.2, 0) is 0 Å².